The number of hydrazone groups is 1. The Labute approximate surface area is 159 Å². The van der Waals surface area contributed by atoms with Crippen LogP contribution in [0.2, 0.25) is 0 Å². The molecule has 0 saturated heterocycles. The number of urea groups is 1. The van der Waals surface area contributed by atoms with Gasteiger partial charge in [-0.25, -0.2) is 14.6 Å². The van der Waals surface area contributed by atoms with Crippen molar-refractivity contribution >= 4 is 35.2 Å². The Bertz CT molecular complexity index is 852. The summed E-state index contributed by atoms with van der Waals surface area (Å²) in [5.41, 5.74) is 0.437. The fraction of sp³-hybridized carbons (Fsp3) is 0.353. The molecule has 2 aliphatic rings. The van der Waals surface area contributed by atoms with E-state index in [9.17, 15) is 19.2 Å². The number of nitrogens with zero attached hydrogens (tertiary/aromatic N) is 2. The van der Waals surface area contributed by atoms with Gasteiger partial charge in [0.05, 0.1) is 0 Å². The van der Waals surface area contributed by atoms with Crippen molar-refractivity contribution in [1.29, 1.82) is 0 Å². The molecule has 0 atom stereocenters. The van der Waals surface area contributed by atoms with E-state index >= 15 is 0 Å². The Morgan fingerprint density at radius 2 is 1.93 bits per heavy atom. The van der Waals surface area contributed by atoms with Crippen LogP contribution in [0, 0.1) is 0 Å². The number of anilines is 1. The molecular formula is C17H18N4O7. The number of imide groups is 1. The van der Waals surface area contributed by atoms with Crippen LogP contribution in [0.5, 0.6) is 11.5 Å². The lowest BCUT2D eigenvalue weighted by Gasteiger charge is -2.19. The highest BCUT2D eigenvalue weighted by Gasteiger charge is 2.24. The summed E-state index contributed by atoms with van der Waals surface area (Å²) >= 11 is 0. The summed E-state index contributed by atoms with van der Waals surface area (Å²) in [6, 6.07) is 4.01. The maximum atomic E-state index is 11.9. The summed E-state index contributed by atoms with van der Waals surface area (Å²) in [4.78, 5) is 46.9. The van der Waals surface area contributed by atoms with E-state index in [1.807, 2.05) is 5.32 Å². The molecule has 2 N–H and O–H groups in total. The lowest BCUT2D eigenvalue weighted by molar-refractivity contribution is -0.142. The molecule has 11 nitrogen and oxygen atoms in total. The summed E-state index contributed by atoms with van der Waals surface area (Å²) in [6.45, 7) is 0.193. The van der Waals surface area contributed by atoms with E-state index < -0.39 is 24.5 Å². The first-order valence-corrected chi connectivity index (χ1v) is 8.44. The van der Waals surface area contributed by atoms with E-state index in [-0.39, 0.29) is 24.5 Å². The fourth-order valence-electron chi connectivity index (χ4n) is 2.48. The van der Waals surface area contributed by atoms with Gasteiger partial charge >= 0.3 is 12.0 Å². The lowest BCUT2D eigenvalue weighted by atomic mass is 10.2. The van der Waals surface area contributed by atoms with Crippen LogP contribution in [0.3, 0.4) is 0 Å². The molecule has 0 saturated carbocycles. The van der Waals surface area contributed by atoms with Gasteiger partial charge in [0.2, 0.25) is 5.91 Å². The number of amides is 4. The van der Waals surface area contributed by atoms with Crippen molar-refractivity contribution in [2.75, 3.05) is 32.2 Å². The molecule has 0 fully saturated rings. The van der Waals surface area contributed by atoms with Crippen molar-refractivity contribution in [3.05, 3.63) is 18.2 Å². The molecule has 28 heavy (non-hydrogen) atoms. The molecule has 0 bridgehead atoms. The minimum atomic E-state index is -0.818. The Morgan fingerprint density at radius 3 is 2.68 bits per heavy atom. The van der Waals surface area contributed by atoms with Gasteiger partial charge in [0.25, 0.3) is 5.91 Å². The van der Waals surface area contributed by atoms with Crippen LogP contribution in [-0.4, -0.2) is 61.4 Å². The van der Waals surface area contributed by atoms with Gasteiger partial charge < -0.3 is 19.5 Å². The van der Waals surface area contributed by atoms with E-state index in [4.69, 9.17) is 14.2 Å². The number of fused-ring (bicyclic) bond motifs is 1. The van der Waals surface area contributed by atoms with Crippen LogP contribution in [0.15, 0.2) is 23.3 Å². The average molecular weight is 390 g/mol. The highest BCUT2D eigenvalue weighted by Crippen LogP contribution is 2.32. The van der Waals surface area contributed by atoms with Crippen LogP contribution in [0.25, 0.3) is 0 Å². The number of nitrogens with one attached hydrogen (secondary N) is 2. The molecule has 0 spiro atoms. The maximum absolute atomic E-state index is 11.9. The monoisotopic (exact) mass is 390 g/mol. The van der Waals surface area contributed by atoms with Gasteiger partial charge in [-0.05, 0) is 12.1 Å². The van der Waals surface area contributed by atoms with Gasteiger partial charge in [-0.15, -0.1) is 0 Å². The van der Waals surface area contributed by atoms with Crippen molar-refractivity contribution < 1.29 is 33.4 Å². The number of rotatable bonds is 4. The minimum Gasteiger partial charge on any atom is -0.486 e. The third kappa shape index (κ3) is 4.75. The smallest absolute Gasteiger partial charge is 0.355 e. The SMILES string of the molecule is CN1N=C(C(=O)OCC(=O)NC(=O)Nc2ccc3c(c2)OCCO3)CCC1=O. The number of ether oxygens (including phenoxy) is 3. The first-order chi connectivity index (χ1) is 13.4. The zero-order chi connectivity index (χ0) is 20.1. The van der Waals surface area contributed by atoms with Crippen molar-refractivity contribution in [1.82, 2.24) is 10.3 Å². The zero-order valence-electron chi connectivity index (χ0n) is 15.0. The highest BCUT2D eigenvalue weighted by molar-refractivity contribution is 6.37. The Kier molecular flexibility index (Phi) is 5.72. The number of esters is 1. The van der Waals surface area contributed by atoms with Crippen LogP contribution in [-0.2, 0) is 19.1 Å². The minimum absolute atomic E-state index is 0.0376. The van der Waals surface area contributed by atoms with Crippen molar-refractivity contribution in [3.63, 3.8) is 0 Å². The second-order valence-electron chi connectivity index (χ2n) is 5.90. The third-order valence-electron chi connectivity index (χ3n) is 3.83. The van der Waals surface area contributed by atoms with E-state index in [0.717, 1.165) is 5.01 Å². The van der Waals surface area contributed by atoms with E-state index in [1.165, 1.54) is 7.05 Å². The molecule has 148 valence electrons. The predicted octanol–water partition coefficient (Wildman–Crippen LogP) is 0.257. The molecule has 0 unspecified atom stereocenters. The van der Waals surface area contributed by atoms with Crippen molar-refractivity contribution in [3.8, 4) is 11.5 Å². The van der Waals surface area contributed by atoms with Crippen molar-refractivity contribution in [2.24, 2.45) is 5.10 Å². The van der Waals surface area contributed by atoms with Crippen LogP contribution < -0.4 is 20.1 Å². The maximum Gasteiger partial charge on any atom is 0.355 e. The second-order valence-corrected chi connectivity index (χ2v) is 5.90. The van der Waals surface area contributed by atoms with Crippen LogP contribution >= 0.6 is 0 Å². The zero-order valence-corrected chi connectivity index (χ0v) is 15.0. The Morgan fingerprint density at radius 1 is 1.18 bits per heavy atom. The van der Waals surface area contributed by atoms with E-state index in [1.54, 1.807) is 18.2 Å². The molecule has 1 aromatic rings. The predicted molar refractivity (Wildman–Crippen MR) is 95.0 cm³/mol. The van der Waals surface area contributed by atoms with Gasteiger partial charge in [0.15, 0.2) is 18.1 Å². The van der Waals surface area contributed by atoms with Crippen molar-refractivity contribution in [2.45, 2.75) is 12.8 Å². The normalized spacial score (nSPS) is 15.4. The van der Waals surface area contributed by atoms with Gasteiger partial charge in [0.1, 0.15) is 18.9 Å². The third-order valence-corrected chi connectivity index (χ3v) is 3.83. The lowest BCUT2D eigenvalue weighted by Crippen LogP contribution is -2.38. The largest absolute Gasteiger partial charge is 0.486 e. The second kappa shape index (κ2) is 8.37. The van der Waals surface area contributed by atoms with Crippen LogP contribution in [0.1, 0.15) is 12.8 Å². The number of benzene rings is 1. The molecular weight excluding hydrogens is 372 g/mol. The Balaban J connectivity index is 1.45. The quantitative estimate of drug-likeness (QED) is 0.704. The van der Waals surface area contributed by atoms with Gasteiger partial charge in [0, 0.05) is 31.6 Å². The number of carbonyl (C=O) groups excluding carboxylic acids is 4. The van der Waals surface area contributed by atoms with Crippen LogP contribution in [0.4, 0.5) is 10.5 Å². The molecule has 2 heterocycles. The fourth-order valence-corrected chi connectivity index (χ4v) is 2.48. The number of hydrogen-bond acceptors (Lipinski definition) is 8. The number of carbonyl (C=O) groups is 4. The van der Waals surface area contributed by atoms with Gasteiger partial charge in [-0.2, -0.15) is 5.10 Å². The molecule has 0 aliphatic carbocycles. The number of hydrogen-bond donors (Lipinski definition) is 2. The molecule has 2 aliphatic heterocycles. The summed E-state index contributed by atoms with van der Waals surface area (Å²) in [6.07, 6.45) is 0.267. The standard InChI is InChI=1S/C17H18N4O7/c1-21-15(23)5-3-11(20-21)16(24)28-9-14(22)19-17(25)18-10-2-4-12-13(8-10)27-7-6-26-12/h2,4,8H,3,5-7,9H2,1H3,(H2,18,19,22,25). The summed E-state index contributed by atoms with van der Waals surface area (Å²) in [7, 11) is 1.42. The first kappa shape index (κ1) is 19.1. The topological polar surface area (TPSA) is 136 Å². The van der Waals surface area contributed by atoms with E-state index in [0.29, 0.717) is 30.4 Å². The van der Waals surface area contributed by atoms with Gasteiger partial charge in [-0.1, -0.05) is 0 Å². The summed E-state index contributed by atoms with van der Waals surface area (Å²) in [5.74, 6) is -0.796. The molecule has 0 radical (unpaired) electrons. The summed E-state index contributed by atoms with van der Waals surface area (Å²) < 4.78 is 15.6. The molecule has 3 rings (SSSR count). The first-order valence-electron chi connectivity index (χ1n) is 8.44. The molecule has 4 amide bonds. The Hall–Kier alpha value is -3.63. The van der Waals surface area contributed by atoms with E-state index in [2.05, 4.69) is 10.4 Å². The molecule has 1 aromatic carbocycles. The van der Waals surface area contributed by atoms with Gasteiger partial charge in [-0.3, -0.25) is 14.9 Å². The summed E-state index contributed by atoms with van der Waals surface area (Å²) in [5, 5.41) is 9.34. The molecule has 11 heteroatoms. The molecule has 0 aromatic heterocycles. The highest BCUT2D eigenvalue weighted by atomic mass is 16.6. The average Bonchev–Trinajstić information content (AvgIpc) is 2.68.